The highest BCUT2D eigenvalue weighted by molar-refractivity contribution is 5.98. The molecule has 0 spiro atoms. The van der Waals surface area contributed by atoms with E-state index in [4.69, 9.17) is 0 Å². The van der Waals surface area contributed by atoms with Crippen molar-refractivity contribution in [1.82, 2.24) is 20.6 Å². The van der Waals surface area contributed by atoms with Crippen LogP contribution in [0.1, 0.15) is 49.9 Å². The number of rotatable bonds is 9. The van der Waals surface area contributed by atoms with Crippen molar-refractivity contribution in [2.75, 3.05) is 29.0 Å². The highest BCUT2D eigenvalue weighted by Crippen LogP contribution is 2.23. The van der Waals surface area contributed by atoms with Gasteiger partial charge in [0.2, 0.25) is 11.9 Å². The second-order valence-electron chi connectivity index (χ2n) is 8.11. The van der Waals surface area contributed by atoms with E-state index >= 15 is 0 Å². The highest BCUT2D eigenvalue weighted by Gasteiger charge is 2.18. The van der Waals surface area contributed by atoms with Crippen molar-refractivity contribution in [1.29, 1.82) is 0 Å². The van der Waals surface area contributed by atoms with Gasteiger partial charge in [-0.25, -0.2) is 9.78 Å². The van der Waals surface area contributed by atoms with E-state index in [1.54, 1.807) is 6.07 Å². The van der Waals surface area contributed by atoms with Gasteiger partial charge in [-0.15, -0.1) is 0 Å². The molecule has 1 aromatic carbocycles. The third-order valence-electron chi connectivity index (χ3n) is 5.30. The lowest BCUT2D eigenvalue weighted by atomic mass is 9.92. The van der Waals surface area contributed by atoms with E-state index in [9.17, 15) is 9.59 Å². The van der Waals surface area contributed by atoms with Crippen LogP contribution in [-0.2, 0) is 17.8 Å². The molecule has 5 N–H and O–H groups in total. The molecule has 0 bridgehead atoms. The predicted molar refractivity (Wildman–Crippen MR) is 127 cm³/mol. The first kappa shape index (κ1) is 23.5. The number of urea groups is 1. The first-order chi connectivity index (χ1) is 15.4. The monoisotopic (exact) mass is 439 g/mol. The molecule has 0 saturated carbocycles. The Bertz CT molecular complexity index is 948. The summed E-state index contributed by atoms with van der Waals surface area (Å²) < 4.78 is 0. The van der Waals surface area contributed by atoms with Crippen molar-refractivity contribution >= 4 is 29.4 Å². The Labute approximate surface area is 189 Å². The molecule has 1 aromatic heterocycles. The van der Waals surface area contributed by atoms with Crippen LogP contribution in [0.15, 0.2) is 24.3 Å². The fraction of sp³-hybridized carbons (Fsp3) is 0.478. The molecule has 1 unspecified atom stereocenters. The lowest BCUT2D eigenvalue weighted by molar-refractivity contribution is -0.118. The van der Waals surface area contributed by atoms with Gasteiger partial charge >= 0.3 is 6.03 Å². The second-order valence-corrected chi connectivity index (χ2v) is 8.11. The first-order valence-electron chi connectivity index (χ1n) is 11.2. The second kappa shape index (κ2) is 11.4. The van der Waals surface area contributed by atoms with Gasteiger partial charge in [0.1, 0.15) is 5.82 Å². The molecule has 1 atom stereocenters. The van der Waals surface area contributed by atoms with E-state index < -0.39 is 6.03 Å². The minimum absolute atomic E-state index is 0.0837. The van der Waals surface area contributed by atoms with Gasteiger partial charge in [-0.05, 0) is 43.0 Å². The number of nitrogens with zero attached hydrogens (tertiary/aromatic N) is 2. The summed E-state index contributed by atoms with van der Waals surface area (Å²) in [5.41, 5.74) is 4.02. The molecule has 9 heteroatoms. The molecule has 9 nitrogen and oxygen atoms in total. The molecule has 0 radical (unpaired) electrons. The highest BCUT2D eigenvalue weighted by atomic mass is 16.2. The van der Waals surface area contributed by atoms with Crippen LogP contribution in [0.3, 0.4) is 0 Å². The molecule has 172 valence electrons. The third-order valence-corrected chi connectivity index (χ3v) is 5.30. The largest absolute Gasteiger partial charge is 0.368 e. The summed E-state index contributed by atoms with van der Waals surface area (Å²) in [6.07, 6.45) is 4.55. The fourth-order valence-electron chi connectivity index (χ4n) is 3.72. The van der Waals surface area contributed by atoms with Crippen molar-refractivity contribution < 1.29 is 9.59 Å². The van der Waals surface area contributed by atoms with Gasteiger partial charge in [0, 0.05) is 50.0 Å². The molecular weight excluding hydrogens is 406 g/mol. The Balaban J connectivity index is 1.57. The zero-order chi connectivity index (χ0) is 22.9. The van der Waals surface area contributed by atoms with Crippen molar-refractivity contribution in [3.8, 4) is 0 Å². The Kier molecular flexibility index (Phi) is 8.38. The van der Waals surface area contributed by atoms with Gasteiger partial charge in [0.05, 0.1) is 0 Å². The number of aryl methyl sites for hydroxylation is 1. The Morgan fingerprint density at radius 1 is 1.12 bits per heavy atom. The van der Waals surface area contributed by atoms with Gasteiger partial charge in [0.25, 0.3) is 0 Å². The quantitative estimate of drug-likeness (QED) is 0.383. The molecule has 3 amide bonds. The molecule has 0 fully saturated rings. The number of nitrogens with one attached hydrogen (secondary N) is 5. The summed E-state index contributed by atoms with van der Waals surface area (Å²) in [6.45, 7) is 7.38. The summed E-state index contributed by atoms with van der Waals surface area (Å²) in [5.74, 6) is 0.712. The van der Waals surface area contributed by atoms with E-state index in [2.05, 4.69) is 55.6 Å². The number of benzene rings is 1. The summed E-state index contributed by atoms with van der Waals surface area (Å²) >= 11 is 0. The first-order valence-corrected chi connectivity index (χ1v) is 11.2. The number of aromatic nitrogens is 2. The average molecular weight is 440 g/mol. The normalized spacial score (nSPS) is 14.9. The van der Waals surface area contributed by atoms with E-state index in [1.165, 1.54) is 37.3 Å². The standard InChI is InChI=1S/C23H33N7O2/c1-4-5-6-19-12-18-13-20(8-7-17(18)14-26-19)28-23(32)30-22-27-15(2)11-21(29-22)25-10-9-24-16(3)31/h7-8,11,13,19,26H,4-6,9-10,12,14H2,1-3H3,(H,24,31)(H3,25,27,28,29,30,32). The van der Waals surface area contributed by atoms with Crippen LogP contribution in [0.4, 0.5) is 22.2 Å². The number of unbranched alkanes of at least 4 members (excludes halogenated alkanes) is 1. The van der Waals surface area contributed by atoms with Crippen LogP contribution >= 0.6 is 0 Å². The van der Waals surface area contributed by atoms with Crippen LogP contribution in [-0.4, -0.2) is 41.0 Å². The van der Waals surface area contributed by atoms with Crippen LogP contribution in [0.2, 0.25) is 0 Å². The lowest BCUT2D eigenvalue weighted by Gasteiger charge is -2.26. The topological polar surface area (TPSA) is 120 Å². The van der Waals surface area contributed by atoms with Crippen molar-refractivity contribution in [2.45, 2.75) is 59.0 Å². The van der Waals surface area contributed by atoms with E-state index in [0.29, 0.717) is 24.9 Å². The molecule has 1 aliphatic rings. The Morgan fingerprint density at radius 2 is 1.97 bits per heavy atom. The average Bonchev–Trinajstić information content (AvgIpc) is 2.74. The number of anilines is 3. The molecular formula is C23H33N7O2. The van der Waals surface area contributed by atoms with Gasteiger partial charge in [-0.3, -0.25) is 10.1 Å². The number of hydrogen-bond donors (Lipinski definition) is 5. The SMILES string of the molecule is CCCCC1Cc2cc(NC(=O)Nc3nc(C)cc(NCCNC(C)=O)n3)ccc2CN1. The maximum Gasteiger partial charge on any atom is 0.326 e. The fourth-order valence-corrected chi connectivity index (χ4v) is 3.72. The maximum atomic E-state index is 12.5. The smallest absolute Gasteiger partial charge is 0.326 e. The maximum absolute atomic E-state index is 12.5. The number of carbonyl (C=O) groups is 2. The lowest BCUT2D eigenvalue weighted by Crippen LogP contribution is -2.35. The zero-order valence-corrected chi connectivity index (χ0v) is 19.0. The van der Waals surface area contributed by atoms with Crippen molar-refractivity contribution in [3.05, 3.63) is 41.1 Å². The number of fused-ring (bicyclic) bond motifs is 1. The number of carbonyl (C=O) groups excluding carboxylic acids is 2. The molecule has 0 aliphatic carbocycles. The van der Waals surface area contributed by atoms with Crippen LogP contribution < -0.4 is 26.6 Å². The van der Waals surface area contributed by atoms with Crippen LogP contribution in [0.25, 0.3) is 0 Å². The van der Waals surface area contributed by atoms with Gasteiger partial charge in [-0.2, -0.15) is 4.98 Å². The minimum atomic E-state index is -0.392. The minimum Gasteiger partial charge on any atom is -0.368 e. The summed E-state index contributed by atoms with van der Waals surface area (Å²) in [5, 5.41) is 15.0. The summed E-state index contributed by atoms with van der Waals surface area (Å²) in [6, 6.07) is 7.91. The van der Waals surface area contributed by atoms with E-state index in [-0.39, 0.29) is 11.9 Å². The van der Waals surface area contributed by atoms with Gasteiger partial charge in [-0.1, -0.05) is 25.8 Å². The van der Waals surface area contributed by atoms with E-state index in [0.717, 1.165) is 24.3 Å². The molecule has 0 saturated heterocycles. The van der Waals surface area contributed by atoms with Crippen LogP contribution in [0, 0.1) is 6.92 Å². The Hall–Kier alpha value is -3.20. The van der Waals surface area contributed by atoms with Crippen molar-refractivity contribution in [2.24, 2.45) is 0 Å². The summed E-state index contributed by atoms with van der Waals surface area (Å²) in [4.78, 5) is 32.1. The number of amides is 3. The third kappa shape index (κ3) is 7.19. The van der Waals surface area contributed by atoms with Gasteiger partial charge in [0.15, 0.2) is 0 Å². The van der Waals surface area contributed by atoms with Crippen LogP contribution in [0.5, 0.6) is 0 Å². The molecule has 2 heterocycles. The number of hydrogen-bond acceptors (Lipinski definition) is 6. The van der Waals surface area contributed by atoms with Crippen molar-refractivity contribution in [3.63, 3.8) is 0 Å². The zero-order valence-electron chi connectivity index (χ0n) is 19.0. The molecule has 1 aliphatic heterocycles. The molecule has 3 rings (SSSR count). The molecule has 2 aromatic rings. The molecule has 32 heavy (non-hydrogen) atoms. The summed E-state index contributed by atoms with van der Waals surface area (Å²) in [7, 11) is 0. The van der Waals surface area contributed by atoms with Gasteiger partial charge < -0.3 is 21.3 Å². The van der Waals surface area contributed by atoms with E-state index in [1.807, 2.05) is 13.0 Å². The predicted octanol–water partition coefficient (Wildman–Crippen LogP) is 3.18. The Morgan fingerprint density at radius 3 is 2.75 bits per heavy atom.